The van der Waals surface area contributed by atoms with Gasteiger partial charge in [-0.05, 0) is 25.3 Å². The van der Waals surface area contributed by atoms with Crippen molar-refractivity contribution < 1.29 is 5.11 Å². The fourth-order valence-electron chi connectivity index (χ4n) is 1.45. The van der Waals surface area contributed by atoms with Crippen LogP contribution in [-0.2, 0) is 12.1 Å². The molecule has 1 aromatic rings. The molecule has 14 heavy (non-hydrogen) atoms. The van der Waals surface area contributed by atoms with E-state index in [1.54, 1.807) is 6.20 Å². The van der Waals surface area contributed by atoms with E-state index >= 15 is 0 Å². The van der Waals surface area contributed by atoms with E-state index in [0.717, 1.165) is 18.7 Å². The predicted molar refractivity (Wildman–Crippen MR) is 56.9 cm³/mol. The fraction of sp³-hybridized carbons (Fsp3) is 0.727. The lowest BCUT2D eigenvalue weighted by molar-refractivity contribution is 0.000421. The van der Waals surface area contributed by atoms with E-state index < -0.39 is 5.60 Å². The molecule has 0 spiro atoms. The Morgan fingerprint density at radius 2 is 2.21 bits per heavy atom. The van der Waals surface area contributed by atoms with Gasteiger partial charge in [0.05, 0.1) is 5.69 Å². The van der Waals surface area contributed by atoms with E-state index in [9.17, 15) is 5.11 Å². The first-order valence-electron chi connectivity index (χ1n) is 5.24. The predicted octanol–water partition coefficient (Wildman–Crippen LogP) is 2.16. The lowest BCUT2D eigenvalue weighted by atomic mass is 9.89. The Morgan fingerprint density at radius 1 is 1.57 bits per heavy atom. The van der Waals surface area contributed by atoms with Gasteiger partial charge in [-0.3, -0.25) is 4.68 Å². The van der Waals surface area contributed by atoms with Gasteiger partial charge in [-0.1, -0.05) is 20.8 Å². The number of aliphatic hydroxyl groups is 1. The lowest BCUT2D eigenvalue weighted by Crippen LogP contribution is -2.31. The quantitative estimate of drug-likeness (QED) is 0.801. The fourth-order valence-corrected chi connectivity index (χ4v) is 1.45. The zero-order valence-electron chi connectivity index (χ0n) is 9.49. The Kier molecular flexibility index (Phi) is 3.32. The van der Waals surface area contributed by atoms with Gasteiger partial charge in [0.15, 0.2) is 0 Å². The maximum Gasteiger partial charge on any atom is 0.106 e. The third-order valence-corrected chi connectivity index (χ3v) is 2.79. The second-order valence-electron chi connectivity index (χ2n) is 4.24. The van der Waals surface area contributed by atoms with Gasteiger partial charge in [-0.25, -0.2) is 0 Å². The van der Waals surface area contributed by atoms with E-state index in [4.69, 9.17) is 0 Å². The minimum atomic E-state index is -0.786. The Labute approximate surface area is 85.8 Å². The van der Waals surface area contributed by atoms with Crippen molar-refractivity contribution >= 4 is 0 Å². The summed E-state index contributed by atoms with van der Waals surface area (Å²) in [5.74, 6) is 0.190. The average Bonchev–Trinajstić information content (AvgIpc) is 2.53. The maximum absolute atomic E-state index is 10.3. The summed E-state index contributed by atoms with van der Waals surface area (Å²) in [5.41, 5.74) is 0.125. The van der Waals surface area contributed by atoms with Crippen LogP contribution in [0, 0.1) is 5.92 Å². The minimum absolute atomic E-state index is 0.190. The molecule has 0 radical (unpaired) electrons. The molecule has 0 aliphatic rings. The molecule has 1 rings (SSSR count). The van der Waals surface area contributed by atoms with Crippen molar-refractivity contribution in [3.8, 4) is 0 Å². The van der Waals surface area contributed by atoms with Crippen LogP contribution < -0.4 is 0 Å². The van der Waals surface area contributed by atoms with Gasteiger partial charge in [0, 0.05) is 12.7 Å². The van der Waals surface area contributed by atoms with Crippen molar-refractivity contribution in [2.45, 2.75) is 46.3 Å². The van der Waals surface area contributed by atoms with Gasteiger partial charge >= 0.3 is 0 Å². The second-order valence-corrected chi connectivity index (χ2v) is 4.24. The first-order chi connectivity index (χ1) is 6.50. The van der Waals surface area contributed by atoms with E-state index in [2.05, 4.69) is 12.0 Å². The summed E-state index contributed by atoms with van der Waals surface area (Å²) in [5, 5.41) is 14.5. The molecule has 0 saturated heterocycles. The van der Waals surface area contributed by atoms with Crippen LogP contribution in [0.5, 0.6) is 0 Å². The molecule has 0 amide bonds. The Hall–Kier alpha value is -0.830. The number of rotatable bonds is 4. The second kappa shape index (κ2) is 4.13. The largest absolute Gasteiger partial charge is 0.384 e. The van der Waals surface area contributed by atoms with Crippen LogP contribution in [0.1, 0.15) is 39.8 Å². The summed E-state index contributed by atoms with van der Waals surface area (Å²) in [7, 11) is 0. The van der Waals surface area contributed by atoms with E-state index in [1.165, 1.54) is 0 Å². The summed E-state index contributed by atoms with van der Waals surface area (Å²) in [6.45, 7) is 8.86. The summed E-state index contributed by atoms with van der Waals surface area (Å²) in [6, 6.07) is 1.90. The number of hydrogen-bond acceptors (Lipinski definition) is 2. The van der Waals surface area contributed by atoms with Crippen molar-refractivity contribution in [1.82, 2.24) is 9.78 Å². The molecule has 1 heterocycles. The normalized spacial score (nSPS) is 15.9. The Morgan fingerprint density at radius 3 is 2.71 bits per heavy atom. The molecular formula is C11H20N2O. The van der Waals surface area contributed by atoms with E-state index in [0.29, 0.717) is 0 Å². The molecule has 1 atom stereocenters. The van der Waals surface area contributed by atoms with Crippen LogP contribution in [0.3, 0.4) is 0 Å². The Bertz CT molecular complexity index is 289. The molecule has 1 N–H and O–H groups in total. The molecule has 3 heteroatoms. The van der Waals surface area contributed by atoms with Gasteiger partial charge in [0.1, 0.15) is 5.60 Å². The first kappa shape index (κ1) is 11.2. The minimum Gasteiger partial charge on any atom is -0.384 e. The molecule has 0 saturated carbocycles. The van der Waals surface area contributed by atoms with Gasteiger partial charge in [0.2, 0.25) is 0 Å². The molecule has 3 nitrogen and oxygen atoms in total. The van der Waals surface area contributed by atoms with Crippen LogP contribution in [-0.4, -0.2) is 14.9 Å². The van der Waals surface area contributed by atoms with Crippen molar-refractivity contribution in [1.29, 1.82) is 0 Å². The topological polar surface area (TPSA) is 38.0 Å². The molecule has 0 fully saturated rings. The highest BCUT2D eigenvalue weighted by Gasteiger charge is 2.30. The van der Waals surface area contributed by atoms with Gasteiger partial charge in [-0.15, -0.1) is 0 Å². The zero-order valence-corrected chi connectivity index (χ0v) is 9.49. The highest BCUT2D eigenvalue weighted by molar-refractivity contribution is 5.11. The standard InChI is InChI=1S/C11H20N2O/c1-5-8-13-10(6-7-12-13)11(4,14)9(2)3/h6-7,9,14H,5,8H2,1-4H3. The van der Waals surface area contributed by atoms with E-state index in [-0.39, 0.29) is 5.92 Å². The van der Waals surface area contributed by atoms with Crippen LogP contribution in [0.15, 0.2) is 12.3 Å². The van der Waals surface area contributed by atoms with Crippen LogP contribution in [0.2, 0.25) is 0 Å². The average molecular weight is 196 g/mol. The Balaban J connectivity index is 2.99. The number of aromatic nitrogens is 2. The van der Waals surface area contributed by atoms with E-state index in [1.807, 2.05) is 31.5 Å². The molecular weight excluding hydrogens is 176 g/mol. The number of nitrogens with zero attached hydrogens (tertiary/aromatic N) is 2. The summed E-state index contributed by atoms with van der Waals surface area (Å²) >= 11 is 0. The highest BCUT2D eigenvalue weighted by atomic mass is 16.3. The molecule has 0 aliphatic carbocycles. The number of hydrogen-bond donors (Lipinski definition) is 1. The maximum atomic E-state index is 10.3. The monoisotopic (exact) mass is 196 g/mol. The molecule has 80 valence electrons. The molecule has 0 aliphatic heterocycles. The third-order valence-electron chi connectivity index (χ3n) is 2.79. The summed E-state index contributed by atoms with van der Waals surface area (Å²) in [4.78, 5) is 0. The van der Waals surface area contributed by atoms with Crippen molar-refractivity contribution in [2.75, 3.05) is 0 Å². The molecule has 0 bridgehead atoms. The summed E-state index contributed by atoms with van der Waals surface area (Å²) < 4.78 is 1.89. The van der Waals surface area contributed by atoms with Crippen LogP contribution in [0.25, 0.3) is 0 Å². The van der Waals surface area contributed by atoms with Crippen molar-refractivity contribution in [3.05, 3.63) is 18.0 Å². The van der Waals surface area contributed by atoms with Crippen LogP contribution in [0.4, 0.5) is 0 Å². The molecule has 1 unspecified atom stereocenters. The van der Waals surface area contributed by atoms with Gasteiger partial charge < -0.3 is 5.11 Å². The van der Waals surface area contributed by atoms with Gasteiger partial charge in [0.25, 0.3) is 0 Å². The highest BCUT2D eigenvalue weighted by Crippen LogP contribution is 2.28. The smallest absolute Gasteiger partial charge is 0.106 e. The molecule has 1 aromatic heterocycles. The van der Waals surface area contributed by atoms with Crippen molar-refractivity contribution in [3.63, 3.8) is 0 Å². The zero-order chi connectivity index (χ0) is 10.8. The first-order valence-corrected chi connectivity index (χ1v) is 5.24. The van der Waals surface area contributed by atoms with Gasteiger partial charge in [-0.2, -0.15) is 5.10 Å². The van der Waals surface area contributed by atoms with Crippen LogP contribution >= 0.6 is 0 Å². The summed E-state index contributed by atoms with van der Waals surface area (Å²) in [6.07, 6.45) is 2.78. The lowest BCUT2D eigenvalue weighted by Gasteiger charge is -2.28. The molecule has 0 aromatic carbocycles. The third kappa shape index (κ3) is 1.98. The SMILES string of the molecule is CCCn1nccc1C(C)(O)C(C)C. The van der Waals surface area contributed by atoms with Crippen molar-refractivity contribution in [2.24, 2.45) is 5.92 Å². The number of aryl methyl sites for hydroxylation is 1.